The first kappa shape index (κ1) is 21.3. The van der Waals surface area contributed by atoms with E-state index in [2.05, 4.69) is 72.4 Å². The number of rotatable bonds is 6. The molecule has 2 heterocycles. The van der Waals surface area contributed by atoms with Crippen LogP contribution in [-0.4, -0.2) is 57.7 Å². The molecule has 1 saturated heterocycles. The van der Waals surface area contributed by atoms with Crippen molar-refractivity contribution in [1.82, 2.24) is 19.6 Å². The monoisotopic (exact) mass is 416 g/mol. The molecule has 1 atom stereocenters. The lowest BCUT2D eigenvalue weighted by atomic mass is 10.00. The van der Waals surface area contributed by atoms with Crippen LogP contribution in [0, 0.1) is 6.92 Å². The van der Waals surface area contributed by atoms with Gasteiger partial charge in [-0.25, -0.2) is 0 Å². The highest BCUT2D eigenvalue weighted by Crippen LogP contribution is 2.30. The number of hydrogen-bond acceptors (Lipinski definition) is 3. The van der Waals surface area contributed by atoms with Gasteiger partial charge in [-0.2, -0.15) is 5.10 Å². The summed E-state index contributed by atoms with van der Waals surface area (Å²) >= 11 is 0. The first-order valence-electron chi connectivity index (χ1n) is 11.3. The maximum Gasteiger partial charge on any atom is 0.274 e. The Bertz CT molecular complexity index is 1050. The zero-order valence-corrected chi connectivity index (χ0v) is 19.0. The van der Waals surface area contributed by atoms with Crippen molar-refractivity contribution >= 4 is 5.91 Å². The number of carbonyl (C=O) groups excluding carboxylic acids is 1. The molecule has 1 aliphatic heterocycles. The van der Waals surface area contributed by atoms with Crippen molar-refractivity contribution in [2.24, 2.45) is 7.05 Å². The number of nitrogens with zero attached hydrogens (tertiary/aromatic N) is 4. The summed E-state index contributed by atoms with van der Waals surface area (Å²) in [6, 6.07) is 19.3. The predicted molar refractivity (Wildman–Crippen MR) is 126 cm³/mol. The lowest BCUT2D eigenvalue weighted by molar-refractivity contribution is 0.0770. The van der Waals surface area contributed by atoms with Crippen LogP contribution in [0.4, 0.5) is 0 Å². The topological polar surface area (TPSA) is 41.4 Å². The Morgan fingerprint density at radius 1 is 1.03 bits per heavy atom. The van der Waals surface area contributed by atoms with Gasteiger partial charge in [-0.05, 0) is 43.6 Å². The number of likely N-dealkylation sites (N-methyl/N-ethyl adjacent to an activating group) is 1. The van der Waals surface area contributed by atoms with Gasteiger partial charge >= 0.3 is 0 Å². The van der Waals surface area contributed by atoms with Crippen molar-refractivity contribution < 1.29 is 4.79 Å². The van der Waals surface area contributed by atoms with E-state index in [0.29, 0.717) is 11.7 Å². The second-order valence-corrected chi connectivity index (χ2v) is 8.31. The van der Waals surface area contributed by atoms with E-state index in [9.17, 15) is 4.79 Å². The molecule has 5 heteroatoms. The molecule has 162 valence electrons. The van der Waals surface area contributed by atoms with Crippen molar-refractivity contribution in [2.75, 3.05) is 26.2 Å². The number of likely N-dealkylation sites (tertiary alicyclic amines) is 1. The Kier molecular flexibility index (Phi) is 6.23. The van der Waals surface area contributed by atoms with Crippen LogP contribution in [0.1, 0.15) is 36.3 Å². The van der Waals surface area contributed by atoms with Crippen LogP contribution in [0.25, 0.3) is 22.4 Å². The molecule has 0 N–H and O–H groups in total. The van der Waals surface area contributed by atoms with Gasteiger partial charge in [0, 0.05) is 37.3 Å². The number of aryl methyl sites for hydroxylation is 1. The van der Waals surface area contributed by atoms with Crippen LogP contribution < -0.4 is 0 Å². The van der Waals surface area contributed by atoms with Crippen LogP contribution >= 0.6 is 0 Å². The Balaban J connectivity index is 1.61. The van der Waals surface area contributed by atoms with E-state index in [-0.39, 0.29) is 5.91 Å². The fraction of sp³-hybridized carbons (Fsp3) is 0.385. The average Bonchev–Trinajstić information content (AvgIpc) is 3.40. The quantitative estimate of drug-likeness (QED) is 0.589. The van der Waals surface area contributed by atoms with E-state index in [0.717, 1.165) is 55.0 Å². The van der Waals surface area contributed by atoms with Gasteiger partial charge in [0.1, 0.15) is 0 Å². The standard InChI is InChI=1S/C26H32N4O/c1-5-29(6-2)23-15-16-30(18-23)26(31)24-19(3)25(28(4)27-24)22-14-10-13-21(17-22)20-11-8-7-9-12-20/h7-14,17,23H,5-6,15-16,18H2,1-4H3. The fourth-order valence-corrected chi connectivity index (χ4v) is 4.83. The van der Waals surface area contributed by atoms with E-state index in [1.807, 2.05) is 29.6 Å². The molecule has 1 aromatic heterocycles. The molecule has 1 fully saturated rings. The zero-order valence-electron chi connectivity index (χ0n) is 19.0. The summed E-state index contributed by atoms with van der Waals surface area (Å²) in [7, 11) is 1.93. The van der Waals surface area contributed by atoms with Crippen molar-refractivity contribution in [3.05, 3.63) is 65.9 Å². The van der Waals surface area contributed by atoms with Gasteiger partial charge in [-0.1, -0.05) is 62.4 Å². The molecule has 2 aromatic carbocycles. The number of hydrogen-bond donors (Lipinski definition) is 0. The third kappa shape index (κ3) is 4.15. The van der Waals surface area contributed by atoms with Crippen molar-refractivity contribution in [3.8, 4) is 22.4 Å². The fourth-order valence-electron chi connectivity index (χ4n) is 4.83. The van der Waals surface area contributed by atoms with E-state index in [1.165, 1.54) is 5.56 Å². The van der Waals surface area contributed by atoms with Crippen LogP contribution in [0.2, 0.25) is 0 Å². The molecule has 0 spiro atoms. The van der Waals surface area contributed by atoms with Gasteiger partial charge in [-0.15, -0.1) is 0 Å². The van der Waals surface area contributed by atoms with Gasteiger partial charge in [0.05, 0.1) is 5.69 Å². The Labute approximate surface area is 185 Å². The third-order valence-corrected chi connectivity index (χ3v) is 6.51. The maximum absolute atomic E-state index is 13.3. The van der Waals surface area contributed by atoms with Crippen molar-refractivity contribution in [3.63, 3.8) is 0 Å². The normalized spacial score (nSPS) is 16.3. The predicted octanol–water partition coefficient (Wildman–Crippen LogP) is 4.62. The number of benzene rings is 2. The van der Waals surface area contributed by atoms with Gasteiger partial charge in [0.25, 0.3) is 5.91 Å². The molecule has 0 bridgehead atoms. The molecule has 0 saturated carbocycles. The Morgan fingerprint density at radius 3 is 2.42 bits per heavy atom. The molecule has 1 unspecified atom stereocenters. The first-order chi connectivity index (χ1) is 15.0. The second kappa shape index (κ2) is 9.06. The van der Waals surface area contributed by atoms with Gasteiger partial charge in [0.15, 0.2) is 5.69 Å². The van der Waals surface area contributed by atoms with E-state index >= 15 is 0 Å². The van der Waals surface area contributed by atoms with Crippen LogP contribution in [0.15, 0.2) is 54.6 Å². The highest BCUT2D eigenvalue weighted by atomic mass is 16.2. The summed E-state index contributed by atoms with van der Waals surface area (Å²) < 4.78 is 1.85. The number of carbonyl (C=O) groups is 1. The number of aromatic nitrogens is 2. The minimum Gasteiger partial charge on any atom is -0.336 e. The highest BCUT2D eigenvalue weighted by molar-refractivity contribution is 5.95. The van der Waals surface area contributed by atoms with Gasteiger partial charge < -0.3 is 4.90 Å². The lowest BCUT2D eigenvalue weighted by Crippen LogP contribution is -2.38. The minimum atomic E-state index is 0.0493. The summed E-state index contributed by atoms with van der Waals surface area (Å²) in [4.78, 5) is 17.7. The summed E-state index contributed by atoms with van der Waals surface area (Å²) in [5.74, 6) is 0.0493. The summed E-state index contributed by atoms with van der Waals surface area (Å²) in [6.07, 6.45) is 1.03. The van der Waals surface area contributed by atoms with Crippen LogP contribution in [0.3, 0.4) is 0 Å². The molecule has 1 aliphatic rings. The molecule has 0 radical (unpaired) electrons. The Hall–Kier alpha value is -2.92. The maximum atomic E-state index is 13.3. The summed E-state index contributed by atoms with van der Waals surface area (Å²) in [5, 5.41) is 4.66. The largest absolute Gasteiger partial charge is 0.336 e. The number of amides is 1. The highest BCUT2D eigenvalue weighted by Gasteiger charge is 2.32. The molecule has 4 rings (SSSR count). The van der Waals surface area contributed by atoms with Gasteiger partial charge in [0.2, 0.25) is 0 Å². The SMILES string of the molecule is CCN(CC)C1CCN(C(=O)c2nn(C)c(-c3cccc(-c4ccccc4)c3)c2C)C1. The average molecular weight is 417 g/mol. The van der Waals surface area contributed by atoms with Crippen molar-refractivity contribution in [1.29, 1.82) is 0 Å². The molecule has 1 amide bonds. The molecular weight excluding hydrogens is 384 g/mol. The van der Waals surface area contributed by atoms with Crippen LogP contribution in [0.5, 0.6) is 0 Å². The molecular formula is C26H32N4O. The minimum absolute atomic E-state index is 0.0493. The van der Waals surface area contributed by atoms with Crippen LogP contribution in [-0.2, 0) is 7.05 Å². The van der Waals surface area contributed by atoms with E-state index < -0.39 is 0 Å². The third-order valence-electron chi connectivity index (χ3n) is 6.51. The summed E-state index contributed by atoms with van der Waals surface area (Å²) in [6.45, 7) is 10.0. The summed E-state index contributed by atoms with van der Waals surface area (Å²) in [5.41, 5.74) is 5.94. The molecule has 31 heavy (non-hydrogen) atoms. The first-order valence-corrected chi connectivity index (χ1v) is 11.3. The second-order valence-electron chi connectivity index (χ2n) is 8.31. The molecule has 5 nitrogen and oxygen atoms in total. The van der Waals surface area contributed by atoms with Gasteiger partial charge in [-0.3, -0.25) is 14.4 Å². The van der Waals surface area contributed by atoms with Crippen molar-refractivity contribution in [2.45, 2.75) is 33.2 Å². The van der Waals surface area contributed by atoms with E-state index in [1.54, 1.807) is 0 Å². The smallest absolute Gasteiger partial charge is 0.274 e. The zero-order chi connectivity index (χ0) is 22.0. The molecule has 3 aromatic rings. The molecule has 0 aliphatic carbocycles. The Morgan fingerprint density at radius 2 is 1.71 bits per heavy atom. The lowest BCUT2D eigenvalue weighted by Gasteiger charge is -2.26. The van der Waals surface area contributed by atoms with E-state index in [4.69, 9.17) is 0 Å².